The van der Waals surface area contributed by atoms with Crippen LogP contribution < -0.4 is 4.90 Å². The Morgan fingerprint density at radius 3 is 2.28 bits per heavy atom. The Kier molecular flexibility index (Phi) is 17.2. The SMILES string of the molecule is C=Cc1cc(N2CCCC(C)CCC2)nc(-c2cnc3ccc(CC)cn23)n1.CC.CS(C)=O.C[C@@H]1CCCN(C(=O)CC#N)C1. The number of nitriles is 1. The summed E-state index contributed by atoms with van der Waals surface area (Å²) in [7, 11) is -0.611. The predicted molar refractivity (Wildman–Crippen MR) is 192 cm³/mol. The maximum Gasteiger partial charge on any atom is 0.236 e. The number of hydrogen-bond donors (Lipinski definition) is 0. The molecule has 2 saturated heterocycles. The van der Waals surface area contributed by atoms with E-state index in [2.05, 4.69) is 66.0 Å². The number of nitrogens with zero attached hydrogens (tertiary/aromatic N) is 7. The molecule has 0 bridgehead atoms. The number of amides is 1. The maximum atomic E-state index is 11.2. The molecule has 5 heterocycles. The zero-order chi connectivity index (χ0) is 34.1. The van der Waals surface area contributed by atoms with E-state index in [1.54, 1.807) is 17.4 Å². The highest BCUT2D eigenvalue weighted by molar-refractivity contribution is 7.83. The number of anilines is 1. The molecule has 2 aliphatic rings. The molecule has 3 aromatic heterocycles. The van der Waals surface area contributed by atoms with Crippen LogP contribution in [0.2, 0.25) is 0 Å². The number of hydrogen-bond acceptors (Lipinski definition) is 7. The number of carbonyl (C=O) groups excluding carboxylic acids is 1. The molecular formula is C36H55N7O2S. The van der Waals surface area contributed by atoms with Gasteiger partial charge in [0.15, 0.2) is 5.82 Å². The summed E-state index contributed by atoms with van der Waals surface area (Å²) in [4.78, 5) is 29.7. The van der Waals surface area contributed by atoms with Crippen LogP contribution in [0, 0.1) is 23.2 Å². The average molecular weight is 650 g/mol. The summed E-state index contributed by atoms with van der Waals surface area (Å²) >= 11 is 0. The molecule has 1 atom stereocenters. The Morgan fingerprint density at radius 2 is 1.70 bits per heavy atom. The number of likely N-dealkylation sites (tertiary alicyclic amines) is 1. The molecule has 3 aromatic rings. The highest BCUT2D eigenvalue weighted by Crippen LogP contribution is 2.25. The van der Waals surface area contributed by atoms with E-state index in [9.17, 15) is 9.00 Å². The molecule has 0 radical (unpaired) electrons. The summed E-state index contributed by atoms with van der Waals surface area (Å²) in [6.45, 7) is 18.4. The maximum absolute atomic E-state index is 11.2. The van der Waals surface area contributed by atoms with Crippen LogP contribution in [0.5, 0.6) is 0 Å². The van der Waals surface area contributed by atoms with E-state index >= 15 is 0 Å². The lowest BCUT2D eigenvalue weighted by Crippen LogP contribution is -2.38. The number of aryl methyl sites for hydroxylation is 1. The molecule has 252 valence electrons. The first-order valence-electron chi connectivity index (χ1n) is 16.8. The third-order valence-electron chi connectivity index (χ3n) is 7.96. The van der Waals surface area contributed by atoms with Crippen LogP contribution in [0.3, 0.4) is 0 Å². The molecule has 1 amide bonds. The van der Waals surface area contributed by atoms with Crippen LogP contribution in [0.25, 0.3) is 23.2 Å². The van der Waals surface area contributed by atoms with Gasteiger partial charge in [-0.2, -0.15) is 5.26 Å². The molecule has 46 heavy (non-hydrogen) atoms. The Morgan fingerprint density at radius 1 is 1.07 bits per heavy atom. The molecule has 0 unspecified atom stereocenters. The van der Waals surface area contributed by atoms with Crippen molar-refractivity contribution in [3.05, 3.63) is 48.4 Å². The monoisotopic (exact) mass is 649 g/mol. The van der Waals surface area contributed by atoms with Crippen molar-refractivity contribution in [3.63, 3.8) is 0 Å². The third-order valence-corrected chi connectivity index (χ3v) is 7.96. The Hall–Kier alpha value is -3.58. The first-order chi connectivity index (χ1) is 22.1. The molecule has 2 aliphatic heterocycles. The highest BCUT2D eigenvalue weighted by atomic mass is 32.2. The minimum absolute atomic E-state index is 0.0101. The van der Waals surface area contributed by atoms with E-state index in [4.69, 9.17) is 15.2 Å². The van der Waals surface area contributed by atoms with E-state index in [0.717, 1.165) is 67.8 Å². The number of carbonyl (C=O) groups is 1. The van der Waals surface area contributed by atoms with Crippen LogP contribution in [-0.4, -0.2) is 73.1 Å². The van der Waals surface area contributed by atoms with E-state index in [-0.39, 0.29) is 12.3 Å². The Bertz CT molecular complexity index is 1430. The van der Waals surface area contributed by atoms with E-state index in [1.807, 2.05) is 32.2 Å². The van der Waals surface area contributed by atoms with Crippen LogP contribution in [0.15, 0.2) is 37.2 Å². The van der Waals surface area contributed by atoms with Gasteiger partial charge in [-0.3, -0.25) is 13.4 Å². The summed E-state index contributed by atoms with van der Waals surface area (Å²) in [6.07, 6.45) is 17.4. The van der Waals surface area contributed by atoms with Gasteiger partial charge in [-0.1, -0.05) is 47.3 Å². The molecule has 2 fully saturated rings. The molecule has 5 rings (SSSR count). The summed E-state index contributed by atoms with van der Waals surface area (Å²) in [5.41, 5.74) is 3.97. The van der Waals surface area contributed by atoms with Gasteiger partial charge in [-0.25, -0.2) is 15.0 Å². The Balaban J connectivity index is 0.000000340. The fourth-order valence-corrected chi connectivity index (χ4v) is 5.57. The first-order valence-corrected chi connectivity index (χ1v) is 18.7. The van der Waals surface area contributed by atoms with Gasteiger partial charge in [0, 0.05) is 61.8 Å². The van der Waals surface area contributed by atoms with Gasteiger partial charge >= 0.3 is 0 Å². The molecule has 10 heteroatoms. The van der Waals surface area contributed by atoms with Gasteiger partial charge in [0.25, 0.3) is 0 Å². The van der Waals surface area contributed by atoms with Crippen LogP contribution in [0.4, 0.5) is 5.82 Å². The highest BCUT2D eigenvalue weighted by Gasteiger charge is 2.20. The second-order valence-corrected chi connectivity index (χ2v) is 13.5. The summed E-state index contributed by atoms with van der Waals surface area (Å²) in [6, 6.07) is 8.13. The number of rotatable bonds is 5. The lowest BCUT2D eigenvalue weighted by atomic mass is 9.97. The van der Waals surface area contributed by atoms with Gasteiger partial charge in [0.2, 0.25) is 5.91 Å². The van der Waals surface area contributed by atoms with Crippen molar-refractivity contribution >= 4 is 34.2 Å². The quantitative estimate of drug-likeness (QED) is 0.288. The standard InChI is InChI=1S/C23H29N5.C9H14N2O.C2H6OS.C2H6/c1-4-18-10-11-21-24-15-20(28(21)16-18)23-25-19(5-2)14-22(26-23)27-12-6-8-17(3)9-7-13-27;1-8-3-2-6-11(7-8)9(12)4-5-10;1-4(2)3;1-2/h5,10-11,14-17H,2,4,6-9,12-13H2,1,3H3;8H,2-4,6-7H2,1H3;1-2H3;1-2H3/t;8-;;/m.1../s1. The van der Waals surface area contributed by atoms with Gasteiger partial charge in [-0.15, -0.1) is 0 Å². The second-order valence-electron chi connectivity index (χ2n) is 12.0. The van der Waals surface area contributed by atoms with Crippen molar-refractivity contribution in [1.29, 1.82) is 5.26 Å². The van der Waals surface area contributed by atoms with Crippen molar-refractivity contribution in [2.45, 2.75) is 86.0 Å². The van der Waals surface area contributed by atoms with Crippen molar-refractivity contribution in [2.24, 2.45) is 11.8 Å². The second kappa shape index (κ2) is 20.5. The van der Waals surface area contributed by atoms with E-state index < -0.39 is 10.8 Å². The molecule has 0 spiro atoms. The molecule has 0 aliphatic carbocycles. The minimum Gasteiger partial charge on any atom is -0.356 e. The average Bonchev–Trinajstić information content (AvgIpc) is 3.47. The third kappa shape index (κ3) is 12.3. The van der Waals surface area contributed by atoms with Gasteiger partial charge < -0.3 is 9.80 Å². The molecular weight excluding hydrogens is 595 g/mol. The fraction of sp³-hybridized carbons (Fsp3) is 0.583. The lowest BCUT2D eigenvalue weighted by molar-refractivity contribution is -0.131. The molecule has 0 N–H and O–H groups in total. The molecule has 9 nitrogen and oxygen atoms in total. The smallest absolute Gasteiger partial charge is 0.236 e. The number of imidazole rings is 1. The van der Waals surface area contributed by atoms with Crippen LogP contribution in [-0.2, 0) is 22.0 Å². The fourth-order valence-electron chi connectivity index (χ4n) is 5.57. The van der Waals surface area contributed by atoms with E-state index in [1.165, 1.54) is 37.7 Å². The summed E-state index contributed by atoms with van der Waals surface area (Å²) in [5, 5.41) is 8.34. The number of fused-ring (bicyclic) bond motifs is 1. The predicted octanol–water partition coefficient (Wildman–Crippen LogP) is 7.19. The normalized spacial score (nSPS) is 16.8. The van der Waals surface area contributed by atoms with Crippen molar-refractivity contribution < 1.29 is 9.00 Å². The Labute approximate surface area is 279 Å². The summed E-state index contributed by atoms with van der Waals surface area (Å²) in [5.74, 6) is 3.13. The van der Waals surface area contributed by atoms with Crippen molar-refractivity contribution in [2.75, 3.05) is 43.6 Å². The zero-order valence-electron chi connectivity index (χ0n) is 29.2. The zero-order valence-corrected chi connectivity index (χ0v) is 30.0. The van der Waals surface area contributed by atoms with E-state index in [0.29, 0.717) is 11.7 Å². The lowest BCUT2D eigenvalue weighted by Gasteiger charge is -2.30. The largest absolute Gasteiger partial charge is 0.356 e. The van der Waals surface area contributed by atoms with Crippen molar-refractivity contribution in [1.82, 2.24) is 24.3 Å². The molecule has 0 aromatic carbocycles. The summed E-state index contributed by atoms with van der Waals surface area (Å²) < 4.78 is 11.7. The van der Waals surface area contributed by atoms with Crippen LogP contribution >= 0.6 is 0 Å². The van der Waals surface area contributed by atoms with Gasteiger partial charge in [-0.05, 0) is 74.5 Å². The van der Waals surface area contributed by atoms with Gasteiger partial charge in [0.1, 0.15) is 23.6 Å². The van der Waals surface area contributed by atoms with Crippen molar-refractivity contribution in [3.8, 4) is 17.6 Å². The molecule has 0 saturated carbocycles. The van der Waals surface area contributed by atoms with Gasteiger partial charge in [0.05, 0.1) is 18.0 Å². The number of piperidine rings is 1. The number of pyridine rings is 1. The van der Waals surface area contributed by atoms with Crippen LogP contribution in [0.1, 0.15) is 90.8 Å². The minimum atomic E-state index is -0.611. The first kappa shape index (κ1) is 38.6. The topological polar surface area (TPSA) is 107 Å². The number of aromatic nitrogens is 4.